The Morgan fingerprint density at radius 1 is 0.972 bits per heavy atom. The van der Waals surface area contributed by atoms with Gasteiger partial charge in [-0.1, -0.05) is 47.0 Å². The molecule has 188 valence electrons. The van der Waals surface area contributed by atoms with Gasteiger partial charge in [-0.25, -0.2) is 9.36 Å². The summed E-state index contributed by atoms with van der Waals surface area (Å²) in [6, 6.07) is 10.7. The first-order chi connectivity index (χ1) is 17.1. The molecule has 4 aromatic rings. The van der Waals surface area contributed by atoms with Gasteiger partial charge in [0, 0.05) is 13.1 Å². The number of carbonyl (C=O) groups excluding carboxylic acids is 1. The van der Waals surface area contributed by atoms with E-state index < -0.39 is 11.2 Å². The van der Waals surface area contributed by atoms with E-state index in [1.807, 2.05) is 45.9 Å². The third-order valence-corrected chi connectivity index (χ3v) is 8.49. The predicted molar refractivity (Wildman–Crippen MR) is 149 cm³/mol. The average molecular weight is 545 g/mol. The van der Waals surface area contributed by atoms with E-state index in [9.17, 15) is 14.4 Å². The SMILES string of the molecule is CCN(CC)C(=O)c1sc2c(c1C)c(=O)n(-c1ccc(Cl)c(Cl)c1)c(=O)n2Cc1cc(C)ccc1C. The van der Waals surface area contributed by atoms with Gasteiger partial charge in [0.25, 0.3) is 11.5 Å². The number of hydrogen-bond donors (Lipinski definition) is 0. The molecule has 6 nitrogen and oxygen atoms in total. The molecule has 0 saturated carbocycles. The Morgan fingerprint density at radius 3 is 2.31 bits per heavy atom. The van der Waals surface area contributed by atoms with Crippen molar-refractivity contribution in [2.45, 2.75) is 41.2 Å². The number of nitrogens with zero attached hydrogens (tertiary/aromatic N) is 3. The van der Waals surface area contributed by atoms with E-state index in [-0.39, 0.29) is 17.5 Å². The Bertz CT molecular complexity index is 1610. The summed E-state index contributed by atoms with van der Waals surface area (Å²) in [6.07, 6.45) is 0. The van der Waals surface area contributed by atoms with E-state index in [4.69, 9.17) is 23.2 Å². The molecular weight excluding hydrogens is 517 g/mol. The molecule has 0 N–H and O–H groups in total. The molecule has 0 spiro atoms. The van der Waals surface area contributed by atoms with Crippen LogP contribution in [0.3, 0.4) is 0 Å². The Labute approximate surface area is 223 Å². The highest BCUT2D eigenvalue weighted by molar-refractivity contribution is 7.20. The lowest BCUT2D eigenvalue weighted by atomic mass is 10.1. The molecule has 0 fully saturated rings. The second kappa shape index (κ2) is 10.2. The molecule has 0 aliphatic heterocycles. The molecule has 9 heteroatoms. The number of aryl methyl sites for hydroxylation is 3. The molecule has 0 radical (unpaired) electrons. The summed E-state index contributed by atoms with van der Waals surface area (Å²) in [5, 5.41) is 0.914. The zero-order valence-electron chi connectivity index (χ0n) is 20.8. The number of fused-ring (bicyclic) bond motifs is 1. The lowest BCUT2D eigenvalue weighted by Gasteiger charge is -2.17. The molecule has 2 heterocycles. The van der Waals surface area contributed by atoms with E-state index in [0.29, 0.717) is 44.5 Å². The number of amides is 1. The molecule has 0 aliphatic rings. The van der Waals surface area contributed by atoms with Crippen LogP contribution < -0.4 is 11.2 Å². The lowest BCUT2D eigenvalue weighted by Crippen LogP contribution is -2.39. The number of benzene rings is 2. The summed E-state index contributed by atoms with van der Waals surface area (Å²) in [5.74, 6) is -0.148. The molecular formula is C27H27Cl2N3O3S. The van der Waals surface area contributed by atoms with Crippen molar-refractivity contribution in [1.29, 1.82) is 0 Å². The molecule has 0 aliphatic carbocycles. The molecule has 0 unspecified atom stereocenters. The standard InChI is InChI=1S/C27H27Cl2N3O3S/c1-6-30(7-2)25(34)23-17(5)22-24(33)32(19-10-11-20(28)21(29)13-19)27(35)31(26(22)36-23)14-18-12-15(3)8-9-16(18)4/h8-13H,6-7,14H2,1-5H3. The predicted octanol–water partition coefficient (Wildman–Crippen LogP) is 5.98. The van der Waals surface area contributed by atoms with Crippen molar-refractivity contribution in [3.63, 3.8) is 0 Å². The minimum absolute atomic E-state index is 0.148. The van der Waals surface area contributed by atoms with Crippen molar-refractivity contribution in [1.82, 2.24) is 14.0 Å². The van der Waals surface area contributed by atoms with Crippen LogP contribution in [-0.2, 0) is 6.54 Å². The molecule has 0 saturated heterocycles. The van der Waals surface area contributed by atoms with Crippen LogP contribution in [0.2, 0.25) is 10.0 Å². The van der Waals surface area contributed by atoms with Gasteiger partial charge < -0.3 is 4.90 Å². The maximum Gasteiger partial charge on any atom is 0.337 e. The molecule has 2 aromatic carbocycles. The Hall–Kier alpha value is -2.87. The summed E-state index contributed by atoms with van der Waals surface area (Å²) in [5.41, 5.74) is 2.95. The van der Waals surface area contributed by atoms with Crippen LogP contribution in [0.4, 0.5) is 0 Å². The van der Waals surface area contributed by atoms with E-state index in [0.717, 1.165) is 21.3 Å². The second-order valence-corrected chi connectivity index (χ2v) is 10.6. The van der Waals surface area contributed by atoms with Crippen molar-refractivity contribution < 1.29 is 4.79 Å². The first-order valence-corrected chi connectivity index (χ1v) is 13.3. The van der Waals surface area contributed by atoms with Crippen LogP contribution in [0.1, 0.15) is 45.8 Å². The van der Waals surface area contributed by atoms with Gasteiger partial charge in [-0.05, 0) is 69.5 Å². The van der Waals surface area contributed by atoms with Crippen molar-refractivity contribution in [2.24, 2.45) is 0 Å². The molecule has 36 heavy (non-hydrogen) atoms. The van der Waals surface area contributed by atoms with Crippen LogP contribution in [0.15, 0.2) is 46.0 Å². The molecule has 0 bridgehead atoms. The normalized spacial score (nSPS) is 11.3. The number of aromatic nitrogens is 2. The first-order valence-electron chi connectivity index (χ1n) is 11.7. The lowest BCUT2D eigenvalue weighted by molar-refractivity contribution is 0.0777. The maximum absolute atomic E-state index is 13.9. The first kappa shape index (κ1) is 26.2. The van der Waals surface area contributed by atoms with Gasteiger partial charge in [-0.2, -0.15) is 0 Å². The summed E-state index contributed by atoms with van der Waals surface area (Å²) in [6.45, 7) is 10.9. The quantitative estimate of drug-likeness (QED) is 0.300. The van der Waals surface area contributed by atoms with E-state index >= 15 is 0 Å². The highest BCUT2D eigenvalue weighted by Crippen LogP contribution is 2.31. The smallest absolute Gasteiger partial charge is 0.337 e. The van der Waals surface area contributed by atoms with Crippen LogP contribution in [0.25, 0.3) is 15.9 Å². The van der Waals surface area contributed by atoms with Crippen LogP contribution >= 0.6 is 34.5 Å². The Balaban J connectivity index is 2.08. The molecule has 0 atom stereocenters. The fraction of sp³-hybridized carbons (Fsp3) is 0.296. The number of thiophene rings is 1. The minimum Gasteiger partial charge on any atom is -0.338 e. The van der Waals surface area contributed by atoms with Crippen molar-refractivity contribution in [3.8, 4) is 5.69 Å². The van der Waals surface area contributed by atoms with Crippen LogP contribution in [0.5, 0.6) is 0 Å². The Kier molecular flexibility index (Phi) is 7.46. The molecule has 1 amide bonds. The van der Waals surface area contributed by atoms with Gasteiger partial charge in [0.1, 0.15) is 4.83 Å². The van der Waals surface area contributed by atoms with Gasteiger partial charge in [0.05, 0.1) is 32.5 Å². The zero-order valence-corrected chi connectivity index (χ0v) is 23.1. The van der Waals surface area contributed by atoms with Crippen molar-refractivity contribution in [3.05, 3.63) is 94.4 Å². The largest absolute Gasteiger partial charge is 0.338 e. The summed E-state index contributed by atoms with van der Waals surface area (Å²) >= 11 is 13.5. The maximum atomic E-state index is 13.9. The summed E-state index contributed by atoms with van der Waals surface area (Å²) < 4.78 is 2.69. The highest BCUT2D eigenvalue weighted by Gasteiger charge is 2.26. The number of rotatable bonds is 6. The zero-order chi connectivity index (χ0) is 26.3. The third kappa shape index (κ3) is 4.51. The van der Waals surface area contributed by atoms with E-state index in [2.05, 4.69) is 0 Å². The fourth-order valence-electron chi connectivity index (χ4n) is 4.34. The van der Waals surface area contributed by atoms with E-state index in [1.165, 1.54) is 17.4 Å². The van der Waals surface area contributed by atoms with Gasteiger partial charge in [-0.3, -0.25) is 14.2 Å². The number of halogens is 2. The highest BCUT2D eigenvalue weighted by atomic mass is 35.5. The van der Waals surface area contributed by atoms with Crippen molar-refractivity contribution in [2.75, 3.05) is 13.1 Å². The topological polar surface area (TPSA) is 64.3 Å². The minimum atomic E-state index is -0.505. The summed E-state index contributed by atoms with van der Waals surface area (Å²) in [7, 11) is 0. The van der Waals surface area contributed by atoms with Gasteiger partial charge in [-0.15, -0.1) is 11.3 Å². The van der Waals surface area contributed by atoms with E-state index in [1.54, 1.807) is 28.5 Å². The third-order valence-electron chi connectivity index (χ3n) is 6.45. The Morgan fingerprint density at radius 2 is 1.67 bits per heavy atom. The number of hydrogen-bond acceptors (Lipinski definition) is 4. The summed E-state index contributed by atoms with van der Waals surface area (Å²) in [4.78, 5) is 43.7. The molecule has 4 rings (SSSR count). The van der Waals surface area contributed by atoms with Crippen LogP contribution in [0, 0.1) is 20.8 Å². The molecule has 2 aromatic heterocycles. The number of carbonyl (C=O) groups is 1. The van der Waals surface area contributed by atoms with Crippen molar-refractivity contribution >= 4 is 50.7 Å². The van der Waals surface area contributed by atoms with Gasteiger partial charge in [0.15, 0.2) is 0 Å². The van der Waals surface area contributed by atoms with Crippen LogP contribution in [-0.4, -0.2) is 33.0 Å². The fourth-order valence-corrected chi connectivity index (χ4v) is 5.89. The monoisotopic (exact) mass is 543 g/mol. The van der Waals surface area contributed by atoms with Gasteiger partial charge >= 0.3 is 5.69 Å². The second-order valence-electron chi connectivity index (χ2n) is 8.75. The van der Waals surface area contributed by atoms with Gasteiger partial charge in [0.2, 0.25) is 0 Å². The average Bonchev–Trinajstić information content (AvgIpc) is 3.19.